The van der Waals surface area contributed by atoms with Gasteiger partial charge in [0.05, 0.1) is 18.3 Å². The summed E-state index contributed by atoms with van der Waals surface area (Å²) in [7, 11) is 1.40. The van der Waals surface area contributed by atoms with Gasteiger partial charge >= 0.3 is 0 Å². The van der Waals surface area contributed by atoms with E-state index in [1.165, 1.54) is 7.11 Å². The molecule has 2 unspecified atom stereocenters. The van der Waals surface area contributed by atoms with E-state index in [1.807, 2.05) is 18.4 Å². The first kappa shape index (κ1) is 15.1. The van der Waals surface area contributed by atoms with E-state index in [4.69, 9.17) is 4.74 Å². The Kier molecular flexibility index (Phi) is 2.98. The van der Waals surface area contributed by atoms with Crippen LogP contribution in [0.5, 0.6) is 5.75 Å². The Morgan fingerprint density at radius 1 is 1.32 bits per heavy atom. The lowest BCUT2D eigenvalue weighted by Crippen LogP contribution is -2.52. The van der Waals surface area contributed by atoms with Crippen molar-refractivity contribution < 1.29 is 14.6 Å². The van der Waals surface area contributed by atoms with Gasteiger partial charge in [-0.15, -0.1) is 0 Å². The zero-order valence-electron chi connectivity index (χ0n) is 13.7. The summed E-state index contributed by atoms with van der Waals surface area (Å²) in [5, 5.41) is 10.8. The maximum atomic E-state index is 12.8. The van der Waals surface area contributed by atoms with Crippen molar-refractivity contribution >= 4 is 5.91 Å². The highest BCUT2D eigenvalue weighted by atomic mass is 16.5. The minimum atomic E-state index is -1.14. The highest BCUT2D eigenvalue weighted by Gasteiger charge is 2.53. The van der Waals surface area contributed by atoms with Crippen LogP contribution in [0.2, 0.25) is 0 Å². The average molecular weight is 306 g/mol. The molecule has 0 saturated carbocycles. The van der Waals surface area contributed by atoms with Gasteiger partial charge in [-0.2, -0.15) is 0 Å². The molecule has 3 heterocycles. The number of methoxy groups -OCH3 is 1. The van der Waals surface area contributed by atoms with Crippen LogP contribution in [-0.2, 0) is 11.1 Å². The largest absolute Gasteiger partial charge is 0.491 e. The van der Waals surface area contributed by atoms with Gasteiger partial charge in [0.15, 0.2) is 11.4 Å². The summed E-state index contributed by atoms with van der Waals surface area (Å²) in [6.07, 6.45) is 0.463. The van der Waals surface area contributed by atoms with Gasteiger partial charge in [-0.25, -0.2) is 0 Å². The molecule has 120 valence electrons. The molecule has 22 heavy (non-hydrogen) atoms. The van der Waals surface area contributed by atoms with E-state index in [2.05, 4.69) is 0 Å². The molecule has 1 aromatic heterocycles. The van der Waals surface area contributed by atoms with Gasteiger partial charge in [-0.3, -0.25) is 9.59 Å². The third-order valence-corrected chi connectivity index (χ3v) is 4.95. The number of carbonyl (C=O) groups excluding carboxylic acids is 1. The number of aromatic nitrogens is 1. The Labute approximate surface area is 129 Å². The Hall–Kier alpha value is -1.82. The van der Waals surface area contributed by atoms with E-state index in [9.17, 15) is 14.7 Å². The van der Waals surface area contributed by atoms with Crippen molar-refractivity contribution in [2.75, 3.05) is 20.2 Å². The zero-order chi connectivity index (χ0) is 16.4. The molecule has 0 aliphatic carbocycles. The number of rotatable bonds is 2. The lowest BCUT2D eigenvalue weighted by Gasteiger charge is -2.41. The fourth-order valence-electron chi connectivity index (χ4n) is 4.25. The van der Waals surface area contributed by atoms with Gasteiger partial charge in [0.2, 0.25) is 5.43 Å². The Bertz CT molecular complexity index is 735. The normalized spacial score (nSPS) is 29.7. The van der Waals surface area contributed by atoms with Crippen molar-refractivity contribution in [2.45, 2.75) is 45.3 Å². The molecule has 1 N–H and O–H groups in total. The van der Waals surface area contributed by atoms with Gasteiger partial charge in [0, 0.05) is 25.1 Å². The summed E-state index contributed by atoms with van der Waals surface area (Å²) < 4.78 is 7.11. The quantitative estimate of drug-likeness (QED) is 0.883. The number of nitrogens with zero attached hydrogens (tertiary/aromatic N) is 2. The molecular weight excluding hydrogens is 284 g/mol. The number of pyridine rings is 1. The standard InChI is InChI=1S/C16H22N2O4/c1-6-17-8-15(3)7-16(4,21)13-9(2)11(19)12(22-5)10(14(17)20)18(13)15/h21H,6-8H2,1-5H3. The number of aliphatic hydroxyl groups is 1. The monoisotopic (exact) mass is 306 g/mol. The van der Waals surface area contributed by atoms with Crippen LogP contribution in [0.1, 0.15) is 48.9 Å². The second-order valence-corrected chi connectivity index (χ2v) is 6.79. The van der Waals surface area contributed by atoms with Crippen molar-refractivity contribution in [1.29, 1.82) is 0 Å². The predicted octanol–water partition coefficient (Wildman–Crippen LogP) is 0.967. The number of ether oxygens (including phenoxy) is 1. The van der Waals surface area contributed by atoms with E-state index >= 15 is 0 Å². The van der Waals surface area contributed by atoms with Crippen LogP contribution < -0.4 is 10.2 Å². The number of likely N-dealkylation sites (N-methyl/N-ethyl adjacent to an activating group) is 1. The first-order chi connectivity index (χ1) is 10.2. The number of carbonyl (C=O) groups is 1. The van der Waals surface area contributed by atoms with E-state index in [0.717, 1.165) is 0 Å². The van der Waals surface area contributed by atoms with Crippen LogP contribution >= 0.6 is 0 Å². The van der Waals surface area contributed by atoms with Crippen LogP contribution in [0, 0.1) is 6.92 Å². The summed E-state index contributed by atoms with van der Waals surface area (Å²) in [5.74, 6) is -0.138. The average Bonchev–Trinajstić information content (AvgIpc) is 2.65. The van der Waals surface area contributed by atoms with Gasteiger partial charge in [0.1, 0.15) is 5.60 Å². The molecule has 2 atom stereocenters. The first-order valence-electron chi connectivity index (χ1n) is 7.54. The summed E-state index contributed by atoms with van der Waals surface area (Å²) in [6, 6.07) is 0. The maximum Gasteiger partial charge on any atom is 0.274 e. The SMILES string of the molecule is CCN1CC2(C)CC(C)(O)c3c(C)c(=O)c(OC)c(n32)C1=O. The van der Waals surface area contributed by atoms with Gasteiger partial charge in [-0.1, -0.05) is 0 Å². The fourth-order valence-corrected chi connectivity index (χ4v) is 4.25. The maximum absolute atomic E-state index is 12.8. The van der Waals surface area contributed by atoms with Gasteiger partial charge in [0.25, 0.3) is 5.91 Å². The summed E-state index contributed by atoms with van der Waals surface area (Å²) in [6.45, 7) is 8.38. The van der Waals surface area contributed by atoms with Crippen molar-refractivity contribution in [3.63, 3.8) is 0 Å². The van der Waals surface area contributed by atoms with Crippen molar-refractivity contribution in [3.8, 4) is 5.75 Å². The molecule has 6 heteroatoms. The third kappa shape index (κ3) is 1.64. The fraction of sp³-hybridized carbons (Fsp3) is 0.625. The molecule has 2 aliphatic heterocycles. The molecular formula is C16H22N2O4. The summed E-state index contributed by atoms with van der Waals surface area (Å²) >= 11 is 0. The number of hydrogen-bond donors (Lipinski definition) is 1. The minimum absolute atomic E-state index is 0.0772. The molecule has 6 nitrogen and oxygen atoms in total. The van der Waals surface area contributed by atoms with Crippen LogP contribution in [0.4, 0.5) is 0 Å². The van der Waals surface area contributed by atoms with Crippen molar-refractivity contribution in [1.82, 2.24) is 9.47 Å². The van der Waals surface area contributed by atoms with E-state index in [0.29, 0.717) is 30.8 Å². The highest BCUT2D eigenvalue weighted by Crippen LogP contribution is 2.48. The van der Waals surface area contributed by atoms with E-state index < -0.39 is 11.1 Å². The van der Waals surface area contributed by atoms with Crippen LogP contribution in [0.25, 0.3) is 0 Å². The number of amides is 1. The Morgan fingerprint density at radius 3 is 2.50 bits per heavy atom. The lowest BCUT2D eigenvalue weighted by atomic mass is 9.89. The second kappa shape index (κ2) is 4.35. The summed E-state index contributed by atoms with van der Waals surface area (Å²) in [4.78, 5) is 27.1. The highest BCUT2D eigenvalue weighted by molar-refractivity contribution is 5.96. The zero-order valence-corrected chi connectivity index (χ0v) is 13.7. The predicted molar refractivity (Wildman–Crippen MR) is 81.4 cm³/mol. The summed E-state index contributed by atoms with van der Waals surface area (Å²) in [5.41, 5.74) is -0.639. The number of hydrogen-bond acceptors (Lipinski definition) is 4. The molecule has 0 fully saturated rings. The van der Waals surface area contributed by atoms with Crippen molar-refractivity contribution in [2.24, 2.45) is 0 Å². The Balaban J connectivity index is 2.48. The smallest absolute Gasteiger partial charge is 0.274 e. The molecule has 0 bridgehead atoms. The topological polar surface area (TPSA) is 71.8 Å². The molecule has 1 amide bonds. The van der Waals surface area contributed by atoms with Crippen molar-refractivity contribution in [3.05, 3.63) is 27.2 Å². The molecule has 0 aromatic carbocycles. The first-order valence-corrected chi connectivity index (χ1v) is 7.54. The van der Waals surface area contributed by atoms with Crippen LogP contribution in [0.3, 0.4) is 0 Å². The van der Waals surface area contributed by atoms with Gasteiger partial charge < -0.3 is 19.3 Å². The van der Waals surface area contributed by atoms with E-state index in [1.54, 1.807) is 18.7 Å². The van der Waals surface area contributed by atoms with Crippen LogP contribution in [-0.4, -0.2) is 40.7 Å². The molecule has 0 saturated heterocycles. The molecule has 0 radical (unpaired) electrons. The van der Waals surface area contributed by atoms with Crippen LogP contribution in [0.15, 0.2) is 4.79 Å². The minimum Gasteiger partial charge on any atom is -0.491 e. The molecule has 0 spiro atoms. The third-order valence-electron chi connectivity index (χ3n) is 4.95. The molecule has 1 aromatic rings. The molecule has 3 rings (SSSR count). The lowest BCUT2D eigenvalue weighted by molar-refractivity contribution is 0.0289. The molecule has 2 aliphatic rings. The second-order valence-electron chi connectivity index (χ2n) is 6.79. The van der Waals surface area contributed by atoms with Gasteiger partial charge in [-0.05, 0) is 27.7 Å². The van der Waals surface area contributed by atoms with E-state index in [-0.39, 0.29) is 22.8 Å². The Morgan fingerprint density at radius 2 is 1.95 bits per heavy atom.